The lowest BCUT2D eigenvalue weighted by Crippen LogP contribution is -2.65. The number of Topliss-reactive ketones (excluding diaryl/α,β-unsaturated/α-hetero) is 1. The van der Waals surface area contributed by atoms with E-state index in [4.69, 9.17) is 9.47 Å². The van der Waals surface area contributed by atoms with Crippen molar-refractivity contribution in [2.75, 3.05) is 5.32 Å². The molecule has 4 saturated carbocycles. The van der Waals surface area contributed by atoms with Gasteiger partial charge in [-0.25, -0.2) is 0 Å². The summed E-state index contributed by atoms with van der Waals surface area (Å²) in [4.78, 5) is 53.8. The highest BCUT2D eigenvalue weighted by Crippen LogP contribution is 2.77. The molecular formula is C49H71NO6. The molecule has 7 nitrogen and oxygen atoms in total. The van der Waals surface area contributed by atoms with Crippen molar-refractivity contribution in [3.8, 4) is 0 Å². The minimum atomic E-state index is -0.978. The minimum Gasteiger partial charge on any atom is -0.462 e. The predicted octanol–water partition coefficient (Wildman–Crippen LogP) is 11.1. The smallest absolute Gasteiger partial charge is 0.312 e. The Morgan fingerprint density at radius 1 is 0.857 bits per heavy atom. The zero-order chi connectivity index (χ0) is 41.4. The molecule has 0 spiro atoms. The van der Waals surface area contributed by atoms with Gasteiger partial charge in [0.05, 0.1) is 11.8 Å². The standard InChI is InChI=1S/C49H71NO6/c1-30(2)40-34(51)28-49(25-22-38(52)50-32-16-14-31(3)15-17-32)27-26-47(12)33(41(40)49)18-19-36-46(11)23-21-37(45(9,10)35(46)20-24-48(36,47)13)55-39(53)29-44(7,8)42(54)56-43(4,5)6/h14-17,22,25,30,33,35-37H,18-21,23-24,26-29H2,1-13H3,(H,50,52)/b25-22+/t33-,35+,36-,37+,46+,47-,48-,49+/m1/s1. The van der Waals surface area contributed by atoms with Gasteiger partial charge in [0.25, 0.3) is 0 Å². The van der Waals surface area contributed by atoms with Crippen LogP contribution in [0.2, 0.25) is 0 Å². The van der Waals surface area contributed by atoms with Crippen LogP contribution in [0, 0.1) is 63.1 Å². The van der Waals surface area contributed by atoms with Gasteiger partial charge < -0.3 is 14.8 Å². The maximum Gasteiger partial charge on any atom is 0.312 e. The summed E-state index contributed by atoms with van der Waals surface area (Å²) in [6.45, 7) is 27.7. The highest BCUT2D eigenvalue weighted by atomic mass is 16.6. The third kappa shape index (κ3) is 7.14. The van der Waals surface area contributed by atoms with E-state index in [1.165, 1.54) is 5.57 Å². The van der Waals surface area contributed by atoms with Crippen LogP contribution in [0.1, 0.15) is 153 Å². The zero-order valence-electron chi connectivity index (χ0n) is 36.9. The van der Waals surface area contributed by atoms with E-state index in [1.54, 1.807) is 19.9 Å². The van der Waals surface area contributed by atoms with Crippen molar-refractivity contribution in [2.45, 2.75) is 166 Å². The molecule has 7 heteroatoms. The van der Waals surface area contributed by atoms with Crippen molar-refractivity contribution in [2.24, 2.45) is 56.2 Å². The summed E-state index contributed by atoms with van der Waals surface area (Å²) in [5.41, 5.74) is 2.17. The third-order valence-corrected chi connectivity index (χ3v) is 16.1. The van der Waals surface area contributed by atoms with Gasteiger partial charge in [0.1, 0.15) is 11.7 Å². The number of carbonyl (C=O) groups is 4. The number of nitrogens with one attached hydrogen (secondary N) is 1. The van der Waals surface area contributed by atoms with E-state index in [0.29, 0.717) is 18.3 Å². The molecule has 1 aromatic carbocycles. The Balaban J connectivity index is 1.24. The van der Waals surface area contributed by atoms with Crippen LogP contribution < -0.4 is 5.32 Å². The molecule has 6 rings (SSSR count). The zero-order valence-corrected chi connectivity index (χ0v) is 36.9. The number of rotatable bonds is 8. The topological polar surface area (TPSA) is 98.8 Å². The molecule has 1 N–H and O–H groups in total. The first-order chi connectivity index (χ1) is 25.8. The van der Waals surface area contributed by atoms with Crippen LogP contribution in [-0.4, -0.2) is 35.3 Å². The normalized spacial score (nSPS) is 35.4. The van der Waals surface area contributed by atoms with Crippen LogP contribution in [-0.2, 0) is 28.7 Å². The number of esters is 2. The first-order valence-corrected chi connectivity index (χ1v) is 21.6. The second kappa shape index (κ2) is 14.3. The van der Waals surface area contributed by atoms with Gasteiger partial charge >= 0.3 is 11.9 Å². The molecule has 56 heavy (non-hydrogen) atoms. The number of carbonyl (C=O) groups excluding carboxylic acids is 4. The third-order valence-electron chi connectivity index (χ3n) is 16.1. The summed E-state index contributed by atoms with van der Waals surface area (Å²) >= 11 is 0. The molecule has 308 valence electrons. The second-order valence-electron chi connectivity index (χ2n) is 21.9. The van der Waals surface area contributed by atoms with Crippen molar-refractivity contribution in [1.82, 2.24) is 0 Å². The van der Waals surface area contributed by atoms with Crippen molar-refractivity contribution in [3.63, 3.8) is 0 Å². The Morgan fingerprint density at radius 3 is 2.14 bits per heavy atom. The van der Waals surface area contributed by atoms with Crippen LogP contribution in [0.15, 0.2) is 47.6 Å². The molecule has 0 heterocycles. The Kier molecular flexibility index (Phi) is 10.8. The van der Waals surface area contributed by atoms with E-state index < -0.39 is 16.4 Å². The van der Waals surface area contributed by atoms with Crippen LogP contribution in [0.25, 0.3) is 0 Å². The van der Waals surface area contributed by atoms with Gasteiger partial charge in [-0.15, -0.1) is 0 Å². The highest BCUT2D eigenvalue weighted by Gasteiger charge is 2.70. The molecule has 0 aliphatic heterocycles. The fourth-order valence-corrected chi connectivity index (χ4v) is 13.1. The average Bonchev–Trinajstić information content (AvgIpc) is 3.38. The summed E-state index contributed by atoms with van der Waals surface area (Å²) in [5.74, 6) is 0.688. The molecule has 0 saturated heterocycles. The quantitative estimate of drug-likeness (QED) is 0.209. The number of amides is 1. The van der Waals surface area contributed by atoms with E-state index in [9.17, 15) is 19.2 Å². The molecule has 5 aliphatic carbocycles. The summed E-state index contributed by atoms with van der Waals surface area (Å²) in [6, 6.07) is 7.85. The Bertz CT molecular complexity index is 1810. The Morgan fingerprint density at radius 2 is 1.52 bits per heavy atom. The summed E-state index contributed by atoms with van der Waals surface area (Å²) < 4.78 is 12.0. The van der Waals surface area contributed by atoms with Crippen LogP contribution in [0.4, 0.5) is 5.69 Å². The van der Waals surface area contributed by atoms with Crippen molar-refractivity contribution in [1.29, 1.82) is 0 Å². The summed E-state index contributed by atoms with van der Waals surface area (Å²) in [6.07, 6.45) is 12.0. The number of allylic oxidation sites excluding steroid dienone is 3. The van der Waals surface area contributed by atoms with Gasteiger partial charge in [0.15, 0.2) is 5.78 Å². The van der Waals surface area contributed by atoms with E-state index in [2.05, 4.69) is 59.9 Å². The lowest BCUT2D eigenvalue weighted by molar-refractivity contribution is -0.232. The van der Waals surface area contributed by atoms with E-state index >= 15 is 0 Å². The molecule has 0 aromatic heterocycles. The summed E-state index contributed by atoms with van der Waals surface area (Å²) in [7, 11) is 0. The minimum absolute atomic E-state index is 0.00614. The van der Waals surface area contributed by atoms with Gasteiger partial charge in [0, 0.05) is 29.0 Å². The number of hydrogen-bond acceptors (Lipinski definition) is 6. The SMILES string of the molecule is Cc1ccc(NC(=O)/C=C/[C@@]23CC[C@]4(C)[C@H](CC[C@@H]5[C@@]6(C)CC[C@H](OC(=O)CC(C)(C)C(=O)OC(C)(C)C)C(C)(C)[C@@H]6CC[C@]54C)C2=C(C(C)C)C(=O)C3)cc1. The first-order valence-electron chi connectivity index (χ1n) is 21.6. The predicted molar refractivity (Wildman–Crippen MR) is 223 cm³/mol. The van der Waals surface area contributed by atoms with Crippen LogP contribution in [0.3, 0.4) is 0 Å². The first kappa shape index (κ1) is 42.4. The largest absolute Gasteiger partial charge is 0.462 e. The molecule has 0 unspecified atom stereocenters. The van der Waals surface area contributed by atoms with Gasteiger partial charge in [-0.05, 0) is 156 Å². The number of ether oxygens (including phenoxy) is 2. The lowest BCUT2D eigenvalue weighted by atomic mass is 9.33. The van der Waals surface area contributed by atoms with Crippen molar-refractivity contribution in [3.05, 3.63) is 53.1 Å². The Labute approximate surface area is 337 Å². The van der Waals surface area contributed by atoms with Gasteiger partial charge in [0.2, 0.25) is 5.91 Å². The number of hydrogen-bond donors (Lipinski definition) is 1. The molecule has 5 aliphatic rings. The van der Waals surface area contributed by atoms with Crippen LogP contribution in [0.5, 0.6) is 0 Å². The molecule has 1 aromatic rings. The number of ketones is 1. The molecule has 1 amide bonds. The van der Waals surface area contributed by atoms with Gasteiger partial charge in [-0.3, -0.25) is 19.2 Å². The van der Waals surface area contributed by atoms with E-state index in [0.717, 1.165) is 68.2 Å². The molecule has 4 fully saturated rings. The highest BCUT2D eigenvalue weighted by molar-refractivity contribution is 6.02. The number of anilines is 1. The van der Waals surface area contributed by atoms with E-state index in [-0.39, 0.29) is 69.6 Å². The maximum absolute atomic E-state index is 14.0. The summed E-state index contributed by atoms with van der Waals surface area (Å²) in [5, 5.41) is 3.04. The average molecular weight is 770 g/mol. The fourth-order valence-electron chi connectivity index (χ4n) is 13.1. The van der Waals surface area contributed by atoms with Gasteiger partial charge in [-0.2, -0.15) is 0 Å². The van der Waals surface area contributed by atoms with Gasteiger partial charge in [-0.1, -0.05) is 72.2 Å². The fraction of sp³-hybridized carbons (Fsp3) is 0.714. The number of benzene rings is 1. The molecule has 0 bridgehead atoms. The molecular weight excluding hydrogens is 699 g/mol. The van der Waals surface area contributed by atoms with Crippen LogP contribution >= 0.6 is 0 Å². The second-order valence-corrected chi connectivity index (χ2v) is 21.9. The molecule has 8 atom stereocenters. The number of fused-ring (bicyclic) bond motifs is 7. The van der Waals surface area contributed by atoms with Crippen molar-refractivity contribution >= 4 is 29.3 Å². The monoisotopic (exact) mass is 770 g/mol. The van der Waals surface area contributed by atoms with E-state index in [1.807, 2.05) is 52.0 Å². The maximum atomic E-state index is 14.0. The lowest BCUT2D eigenvalue weighted by Gasteiger charge is -2.72. The Hall–Kier alpha value is -3.22. The molecule has 0 radical (unpaired) electrons. The van der Waals surface area contributed by atoms with Crippen molar-refractivity contribution < 1.29 is 28.7 Å². The number of aryl methyl sites for hydroxylation is 1.